The lowest BCUT2D eigenvalue weighted by atomic mass is 9.85. The summed E-state index contributed by atoms with van der Waals surface area (Å²) in [5.41, 5.74) is 3.81. The van der Waals surface area contributed by atoms with Crippen LogP contribution in [0.4, 0.5) is 22.9 Å². The quantitative estimate of drug-likeness (QED) is 0.281. The SMILES string of the molecule is Cc1nn(-c2ccccc2)c2c1N=C(c1ccc([N+](=O)[O-])cc1)C[C@@](C)(c1ccc([N+](=O)[O-])cc1)N2. The number of para-hydroxylation sites is 1. The van der Waals surface area contributed by atoms with E-state index in [2.05, 4.69) is 5.32 Å². The first kappa shape index (κ1) is 22.9. The lowest BCUT2D eigenvalue weighted by Crippen LogP contribution is -2.34. The summed E-state index contributed by atoms with van der Waals surface area (Å²) in [6.45, 7) is 3.88. The van der Waals surface area contributed by atoms with E-state index in [1.54, 1.807) is 28.9 Å². The third kappa shape index (κ3) is 4.09. The molecule has 0 amide bonds. The second-order valence-electron chi connectivity index (χ2n) is 8.83. The Kier molecular flexibility index (Phi) is 5.56. The molecule has 1 aromatic heterocycles. The van der Waals surface area contributed by atoms with E-state index in [1.165, 1.54) is 24.3 Å². The molecule has 10 heteroatoms. The normalized spacial score (nSPS) is 16.9. The van der Waals surface area contributed by atoms with Gasteiger partial charge in [0.25, 0.3) is 11.4 Å². The molecule has 10 nitrogen and oxygen atoms in total. The Bertz CT molecular complexity index is 1490. The van der Waals surface area contributed by atoms with Crippen molar-refractivity contribution in [3.8, 4) is 5.69 Å². The number of hydrogen-bond donors (Lipinski definition) is 1. The lowest BCUT2D eigenvalue weighted by molar-refractivity contribution is -0.385. The largest absolute Gasteiger partial charge is 0.359 e. The molecule has 0 aliphatic carbocycles. The summed E-state index contributed by atoms with van der Waals surface area (Å²) in [7, 11) is 0. The zero-order valence-corrected chi connectivity index (χ0v) is 19.6. The number of fused-ring (bicyclic) bond motifs is 1. The van der Waals surface area contributed by atoms with Crippen LogP contribution in [0, 0.1) is 27.2 Å². The van der Waals surface area contributed by atoms with Gasteiger partial charge in [-0.1, -0.05) is 18.2 Å². The minimum absolute atomic E-state index is 0.00186. The van der Waals surface area contributed by atoms with Gasteiger partial charge < -0.3 is 5.32 Å². The number of rotatable bonds is 5. The number of anilines is 1. The van der Waals surface area contributed by atoms with E-state index in [0.29, 0.717) is 29.3 Å². The Hall–Kier alpha value is -4.86. The molecule has 1 aliphatic heterocycles. The molecule has 0 unspecified atom stereocenters. The minimum atomic E-state index is -0.722. The van der Waals surface area contributed by atoms with Crippen molar-refractivity contribution in [1.82, 2.24) is 9.78 Å². The Morgan fingerprint density at radius 2 is 1.47 bits per heavy atom. The fourth-order valence-corrected chi connectivity index (χ4v) is 4.40. The smallest absolute Gasteiger partial charge is 0.269 e. The predicted molar refractivity (Wildman–Crippen MR) is 136 cm³/mol. The highest BCUT2D eigenvalue weighted by atomic mass is 16.6. The highest BCUT2D eigenvalue weighted by molar-refractivity contribution is 6.04. The third-order valence-corrected chi connectivity index (χ3v) is 6.32. The van der Waals surface area contributed by atoms with Crippen LogP contribution in [0.1, 0.15) is 30.2 Å². The summed E-state index contributed by atoms with van der Waals surface area (Å²) < 4.78 is 1.80. The van der Waals surface area contributed by atoms with E-state index in [-0.39, 0.29) is 11.4 Å². The molecule has 180 valence electrons. The van der Waals surface area contributed by atoms with Crippen molar-refractivity contribution in [3.63, 3.8) is 0 Å². The molecule has 0 bridgehead atoms. The zero-order chi connectivity index (χ0) is 25.4. The second kappa shape index (κ2) is 8.73. The van der Waals surface area contributed by atoms with Gasteiger partial charge in [0.15, 0.2) is 5.82 Å². The van der Waals surface area contributed by atoms with Gasteiger partial charge in [-0.05, 0) is 61.4 Å². The molecule has 0 fully saturated rings. The number of nitro benzene ring substituents is 2. The number of nitro groups is 2. The molecule has 0 spiro atoms. The molecule has 0 saturated carbocycles. The first-order chi connectivity index (χ1) is 17.2. The van der Waals surface area contributed by atoms with Crippen LogP contribution >= 0.6 is 0 Å². The molecule has 2 heterocycles. The number of non-ortho nitro benzene ring substituents is 2. The summed E-state index contributed by atoms with van der Waals surface area (Å²) in [4.78, 5) is 26.5. The Morgan fingerprint density at radius 3 is 2.06 bits per heavy atom. The number of aryl methyl sites for hydroxylation is 1. The standard InChI is InChI=1S/C26H22N6O4/c1-17-24-25(30(29-17)20-6-4-3-5-7-20)28-26(2,19-10-14-22(15-11-19)32(35)36)16-23(27-24)18-8-12-21(13-9-18)31(33)34/h3-15,28H,16H2,1-2H3/t26-/m0/s1. The molecule has 3 aromatic carbocycles. The summed E-state index contributed by atoms with van der Waals surface area (Å²) in [6.07, 6.45) is 0.422. The van der Waals surface area contributed by atoms with Crippen molar-refractivity contribution in [2.75, 3.05) is 5.32 Å². The van der Waals surface area contributed by atoms with Crippen molar-refractivity contribution in [1.29, 1.82) is 0 Å². The molecule has 0 saturated heterocycles. The van der Waals surface area contributed by atoms with Crippen LogP contribution in [0.2, 0.25) is 0 Å². The van der Waals surface area contributed by atoms with Crippen LogP contribution < -0.4 is 5.32 Å². The number of aliphatic imine (C=N–C) groups is 1. The molecule has 36 heavy (non-hydrogen) atoms. The summed E-state index contributed by atoms with van der Waals surface area (Å²) in [6, 6.07) is 22.4. The molecular formula is C26H22N6O4. The summed E-state index contributed by atoms with van der Waals surface area (Å²) >= 11 is 0. The Morgan fingerprint density at radius 1 is 0.889 bits per heavy atom. The van der Waals surface area contributed by atoms with Gasteiger partial charge in [0, 0.05) is 30.7 Å². The van der Waals surface area contributed by atoms with Gasteiger partial charge in [-0.15, -0.1) is 0 Å². The van der Waals surface area contributed by atoms with Crippen molar-refractivity contribution in [2.24, 2.45) is 4.99 Å². The van der Waals surface area contributed by atoms with E-state index in [9.17, 15) is 20.2 Å². The number of nitrogens with zero attached hydrogens (tertiary/aromatic N) is 5. The maximum atomic E-state index is 11.2. The first-order valence-corrected chi connectivity index (χ1v) is 11.3. The van der Waals surface area contributed by atoms with E-state index in [4.69, 9.17) is 10.1 Å². The van der Waals surface area contributed by atoms with Gasteiger partial charge >= 0.3 is 0 Å². The Balaban J connectivity index is 1.68. The first-order valence-electron chi connectivity index (χ1n) is 11.3. The van der Waals surface area contributed by atoms with Gasteiger partial charge in [0.1, 0.15) is 5.69 Å². The van der Waals surface area contributed by atoms with E-state index in [1.807, 2.05) is 44.2 Å². The van der Waals surface area contributed by atoms with Crippen LogP contribution in [0.25, 0.3) is 5.69 Å². The molecule has 4 aromatic rings. The van der Waals surface area contributed by atoms with Crippen LogP contribution in [-0.4, -0.2) is 25.3 Å². The molecule has 1 N–H and O–H groups in total. The van der Waals surface area contributed by atoms with Gasteiger partial charge in [-0.25, -0.2) is 9.67 Å². The van der Waals surface area contributed by atoms with Crippen molar-refractivity contribution in [2.45, 2.75) is 25.8 Å². The monoisotopic (exact) mass is 482 g/mol. The number of hydrogen-bond acceptors (Lipinski definition) is 7. The maximum Gasteiger partial charge on any atom is 0.269 e. The second-order valence-corrected chi connectivity index (χ2v) is 8.83. The average Bonchev–Trinajstić information content (AvgIpc) is 3.08. The van der Waals surface area contributed by atoms with Gasteiger partial charge in [-0.2, -0.15) is 5.10 Å². The van der Waals surface area contributed by atoms with Gasteiger partial charge in [0.05, 0.1) is 32.5 Å². The van der Waals surface area contributed by atoms with Crippen LogP contribution in [0.15, 0.2) is 83.9 Å². The van der Waals surface area contributed by atoms with Crippen LogP contribution in [0.5, 0.6) is 0 Å². The van der Waals surface area contributed by atoms with Gasteiger partial charge in [-0.3, -0.25) is 20.2 Å². The van der Waals surface area contributed by atoms with Crippen molar-refractivity contribution in [3.05, 3.63) is 116 Å². The molecule has 0 radical (unpaired) electrons. The Labute approximate surface area is 206 Å². The fraction of sp³-hybridized carbons (Fsp3) is 0.154. The van der Waals surface area contributed by atoms with E-state index >= 15 is 0 Å². The predicted octanol–water partition coefficient (Wildman–Crippen LogP) is 5.85. The lowest BCUT2D eigenvalue weighted by Gasteiger charge is -2.32. The van der Waals surface area contributed by atoms with E-state index in [0.717, 1.165) is 16.8 Å². The number of aromatic nitrogens is 2. The maximum absolute atomic E-state index is 11.2. The highest BCUT2D eigenvalue weighted by Gasteiger charge is 2.35. The number of nitrogens with one attached hydrogen (secondary N) is 1. The highest BCUT2D eigenvalue weighted by Crippen LogP contribution is 2.42. The topological polar surface area (TPSA) is 128 Å². The molecule has 5 rings (SSSR count). The molecular weight excluding hydrogens is 460 g/mol. The minimum Gasteiger partial charge on any atom is -0.359 e. The van der Waals surface area contributed by atoms with E-state index < -0.39 is 15.4 Å². The third-order valence-electron chi connectivity index (χ3n) is 6.32. The number of benzene rings is 3. The fourth-order valence-electron chi connectivity index (χ4n) is 4.40. The zero-order valence-electron chi connectivity index (χ0n) is 19.6. The van der Waals surface area contributed by atoms with Crippen LogP contribution in [0.3, 0.4) is 0 Å². The average molecular weight is 483 g/mol. The summed E-state index contributed by atoms with van der Waals surface area (Å²) in [5.74, 6) is 0.691. The molecule has 1 aliphatic rings. The van der Waals surface area contributed by atoms with Crippen LogP contribution in [-0.2, 0) is 5.54 Å². The molecule has 1 atom stereocenters. The summed E-state index contributed by atoms with van der Waals surface area (Å²) in [5, 5.41) is 30.7. The van der Waals surface area contributed by atoms with Gasteiger partial charge in [0.2, 0.25) is 0 Å². The van der Waals surface area contributed by atoms with Crippen molar-refractivity contribution < 1.29 is 9.85 Å². The van der Waals surface area contributed by atoms with Crippen molar-refractivity contribution >= 4 is 28.6 Å².